The van der Waals surface area contributed by atoms with Gasteiger partial charge in [-0.3, -0.25) is 0 Å². The van der Waals surface area contributed by atoms with Crippen LogP contribution in [0.5, 0.6) is 5.75 Å². The number of rotatable bonds is 10. The zero-order chi connectivity index (χ0) is 13.2. The molecule has 1 aromatic rings. The first kappa shape index (κ1) is 15.4. The Labute approximate surface area is 113 Å². The SMILES string of the molecule is COCCOCCOCCOc1cc(C)sc1C. The highest BCUT2D eigenvalue weighted by Crippen LogP contribution is 2.27. The lowest BCUT2D eigenvalue weighted by atomic mass is 10.4. The Hall–Kier alpha value is -0.620. The van der Waals surface area contributed by atoms with E-state index >= 15 is 0 Å². The second-order valence-corrected chi connectivity index (χ2v) is 5.30. The first-order chi connectivity index (χ1) is 8.74. The molecule has 0 saturated carbocycles. The molecule has 0 bridgehead atoms. The molecule has 1 rings (SSSR count). The molecule has 0 amide bonds. The Kier molecular flexibility index (Phi) is 8.00. The number of hydrogen-bond donors (Lipinski definition) is 0. The molecule has 0 fully saturated rings. The van der Waals surface area contributed by atoms with E-state index in [9.17, 15) is 0 Å². The van der Waals surface area contributed by atoms with Gasteiger partial charge in [-0.15, -0.1) is 11.3 Å². The summed E-state index contributed by atoms with van der Waals surface area (Å²) in [5.41, 5.74) is 0. The molecule has 0 N–H and O–H groups in total. The summed E-state index contributed by atoms with van der Waals surface area (Å²) in [4.78, 5) is 2.49. The van der Waals surface area contributed by atoms with Gasteiger partial charge in [-0.1, -0.05) is 0 Å². The van der Waals surface area contributed by atoms with E-state index in [1.54, 1.807) is 18.4 Å². The van der Waals surface area contributed by atoms with E-state index in [0.717, 1.165) is 5.75 Å². The van der Waals surface area contributed by atoms with Crippen LogP contribution >= 0.6 is 11.3 Å². The third-order valence-electron chi connectivity index (χ3n) is 2.28. The monoisotopic (exact) mass is 274 g/mol. The van der Waals surface area contributed by atoms with Crippen molar-refractivity contribution in [2.24, 2.45) is 0 Å². The lowest BCUT2D eigenvalue weighted by molar-refractivity contribution is 0.0179. The quantitative estimate of drug-likeness (QED) is 0.614. The molecule has 1 heterocycles. The van der Waals surface area contributed by atoms with Gasteiger partial charge in [0, 0.05) is 16.9 Å². The summed E-state index contributed by atoms with van der Waals surface area (Å²) in [7, 11) is 1.66. The van der Waals surface area contributed by atoms with Crippen molar-refractivity contribution in [3.05, 3.63) is 15.8 Å². The third-order valence-corrected chi connectivity index (χ3v) is 3.23. The molecule has 0 spiro atoms. The molecule has 0 aromatic carbocycles. The van der Waals surface area contributed by atoms with E-state index in [-0.39, 0.29) is 0 Å². The van der Waals surface area contributed by atoms with Gasteiger partial charge in [-0.25, -0.2) is 0 Å². The van der Waals surface area contributed by atoms with Gasteiger partial charge in [-0.05, 0) is 19.9 Å². The van der Waals surface area contributed by atoms with Crippen molar-refractivity contribution < 1.29 is 18.9 Å². The van der Waals surface area contributed by atoms with E-state index < -0.39 is 0 Å². The molecule has 0 radical (unpaired) electrons. The first-order valence-corrected chi connectivity index (χ1v) is 6.90. The second-order valence-electron chi connectivity index (χ2n) is 3.84. The van der Waals surface area contributed by atoms with E-state index in [1.807, 2.05) is 0 Å². The van der Waals surface area contributed by atoms with Crippen LogP contribution in [0.4, 0.5) is 0 Å². The van der Waals surface area contributed by atoms with Crippen molar-refractivity contribution in [1.82, 2.24) is 0 Å². The minimum absolute atomic E-state index is 0.578. The summed E-state index contributed by atoms with van der Waals surface area (Å²) in [5.74, 6) is 0.970. The van der Waals surface area contributed by atoms with E-state index in [1.165, 1.54) is 9.75 Å². The van der Waals surface area contributed by atoms with Gasteiger partial charge in [0.2, 0.25) is 0 Å². The predicted octanol–water partition coefficient (Wildman–Crippen LogP) is 2.42. The van der Waals surface area contributed by atoms with E-state index in [2.05, 4.69) is 19.9 Å². The second kappa shape index (κ2) is 9.33. The summed E-state index contributed by atoms with van der Waals surface area (Å²) < 4.78 is 21.2. The van der Waals surface area contributed by atoms with Crippen molar-refractivity contribution in [2.75, 3.05) is 46.8 Å². The molecule has 4 nitrogen and oxygen atoms in total. The molecule has 0 unspecified atom stereocenters. The molecule has 0 aliphatic heterocycles. The van der Waals surface area contributed by atoms with Crippen LogP contribution in [0.3, 0.4) is 0 Å². The van der Waals surface area contributed by atoms with Gasteiger partial charge in [0.25, 0.3) is 0 Å². The maximum absolute atomic E-state index is 5.63. The highest BCUT2D eigenvalue weighted by atomic mass is 32.1. The molecule has 18 heavy (non-hydrogen) atoms. The Morgan fingerprint density at radius 2 is 1.56 bits per heavy atom. The number of thiophene rings is 1. The topological polar surface area (TPSA) is 36.9 Å². The van der Waals surface area contributed by atoms with E-state index in [0.29, 0.717) is 39.6 Å². The van der Waals surface area contributed by atoms with Crippen molar-refractivity contribution in [3.8, 4) is 5.75 Å². The van der Waals surface area contributed by atoms with Crippen molar-refractivity contribution in [1.29, 1.82) is 0 Å². The number of ether oxygens (including phenoxy) is 4. The summed E-state index contributed by atoms with van der Waals surface area (Å²) in [6.07, 6.45) is 0. The number of methoxy groups -OCH3 is 1. The van der Waals surface area contributed by atoms with Gasteiger partial charge in [0.05, 0.1) is 33.0 Å². The zero-order valence-corrected chi connectivity index (χ0v) is 12.2. The van der Waals surface area contributed by atoms with Crippen LogP contribution in [0.15, 0.2) is 6.07 Å². The fourth-order valence-corrected chi connectivity index (χ4v) is 2.29. The van der Waals surface area contributed by atoms with Crippen LogP contribution in [0.2, 0.25) is 0 Å². The third kappa shape index (κ3) is 6.35. The minimum Gasteiger partial charge on any atom is -0.490 e. The summed E-state index contributed by atoms with van der Waals surface area (Å²) in [6, 6.07) is 2.06. The molecular weight excluding hydrogens is 252 g/mol. The predicted molar refractivity (Wildman–Crippen MR) is 72.8 cm³/mol. The smallest absolute Gasteiger partial charge is 0.133 e. The number of hydrogen-bond acceptors (Lipinski definition) is 5. The fourth-order valence-electron chi connectivity index (χ4n) is 1.43. The summed E-state index contributed by atoms with van der Waals surface area (Å²) >= 11 is 1.75. The molecule has 1 aromatic heterocycles. The Morgan fingerprint density at radius 3 is 2.11 bits per heavy atom. The number of aryl methyl sites for hydroxylation is 2. The van der Waals surface area contributed by atoms with Crippen molar-refractivity contribution in [3.63, 3.8) is 0 Å². The van der Waals surface area contributed by atoms with Gasteiger partial charge in [0.1, 0.15) is 12.4 Å². The Balaban J connectivity index is 1.94. The first-order valence-electron chi connectivity index (χ1n) is 6.08. The normalized spacial score (nSPS) is 10.8. The molecule has 0 atom stereocenters. The highest BCUT2D eigenvalue weighted by Gasteiger charge is 2.03. The largest absolute Gasteiger partial charge is 0.490 e. The molecule has 0 aliphatic carbocycles. The van der Waals surface area contributed by atoms with Crippen LogP contribution in [0, 0.1) is 13.8 Å². The molecule has 104 valence electrons. The average molecular weight is 274 g/mol. The van der Waals surface area contributed by atoms with Gasteiger partial charge in [-0.2, -0.15) is 0 Å². The van der Waals surface area contributed by atoms with Crippen LogP contribution in [-0.4, -0.2) is 46.8 Å². The highest BCUT2D eigenvalue weighted by molar-refractivity contribution is 7.12. The van der Waals surface area contributed by atoms with Crippen LogP contribution in [0.1, 0.15) is 9.75 Å². The maximum atomic E-state index is 5.63. The van der Waals surface area contributed by atoms with Gasteiger partial charge in [0.15, 0.2) is 0 Å². The molecule has 5 heteroatoms. The van der Waals surface area contributed by atoms with Crippen molar-refractivity contribution >= 4 is 11.3 Å². The maximum Gasteiger partial charge on any atom is 0.133 e. The van der Waals surface area contributed by atoms with Gasteiger partial charge >= 0.3 is 0 Å². The minimum atomic E-state index is 0.578. The molecule has 0 saturated heterocycles. The van der Waals surface area contributed by atoms with Crippen LogP contribution in [0.25, 0.3) is 0 Å². The molecule has 0 aliphatic rings. The molecular formula is C13H22O4S. The lowest BCUT2D eigenvalue weighted by Gasteiger charge is -2.07. The van der Waals surface area contributed by atoms with E-state index in [4.69, 9.17) is 18.9 Å². The Bertz CT molecular complexity index is 325. The summed E-state index contributed by atoms with van der Waals surface area (Å²) in [6.45, 7) is 7.74. The van der Waals surface area contributed by atoms with Crippen LogP contribution < -0.4 is 4.74 Å². The fraction of sp³-hybridized carbons (Fsp3) is 0.692. The van der Waals surface area contributed by atoms with Crippen molar-refractivity contribution in [2.45, 2.75) is 13.8 Å². The zero-order valence-electron chi connectivity index (χ0n) is 11.4. The standard InChI is InChI=1S/C13H22O4S/c1-11-10-13(12(2)18-11)17-9-8-16-7-6-15-5-4-14-3/h10H,4-9H2,1-3H3. The van der Waals surface area contributed by atoms with Gasteiger partial charge < -0.3 is 18.9 Å². The lowest BCUT2D eigenvalue weighted by Crippen LogP contribution is -2.12. The summed E-state index contributed by atoms with van der Waals surface area (Å²) in [5, 5.41) is 0. The van der Waals surface area contributed by atoms with Crippen LogP contribution in [-0.2, 0) is 14.2 Å². The average Bonchev–Trinajstić information content (AvgIpc) is 2.66. The Morgan fingerprint density at radius 1 is 0.944 bits per heavy atom.